The summed E-state index contributed by atoms with van der Waals surface area (Å²) in [5, 5.41) is 10.5. The van der Waals surface area contributed by atoms with Crippen LogP contribution in [-0.2, 0) is 65.4 Å². The Kier molecular flexibility index (Phi) is 56.2. The lowest BCUT2D eigenvalue weighted by atomic mass is 10.0. The fraction of sp³-hybridized carbons (Fsp3) is 0.938. The molecule has 0 radical (unpaired) electrons. The number of hydrogen-bond donors (Lipinski definition) is 3. The monoisotopic (exact) mass is 1240 g/mol. The second-order valence-corrected chi connectivity index (χ2v) is 27.4. The average molecular weight is 1240 g/mol. The van der Waals surface area contributed by atoms with Gasteiger partial charge in [-0.25, -0.2) is 9.13 Å². The maximum atomic E-state index is 13.0. The van der Waals surface area contributed by atoms with Crippen LogP contribution in [-0.4, -0.2) is 96.7 Å². The number of phosphoric acid groups is 2. The smallest absolute Gasteiger partial charge is 0.462 e. The van der Waals surface area contributed by atoms with Crippen LogP contribution in [0.3, 0.4) is 0 Å². The number of carbonyl (C=O) groups excluding carboxylic acids is 4. The Morgan fingerprint density at radius 2 is 0.548 bits per heavy atom. The maximum Gasteiger partial charge on any atom is 0.472 e. The van der Waals surface area contributed by atoms with E-state index in [0.717, 1.165) is 108 Å². The molecular weight excluding hydrogens is 1110 g/mol. The number of hydrogen-bond acceptors (Lipinski definition) is 15. The van der Waals surface area contributed by atoms with E-state index in [9.17, 15) is 43.2 Å². The minimum atomic E-state index is -4.94. The highest BCUT2D eigenvalue weighted by molar-refractivity contribution is 7.47. The van der Waals surface area contributed by atoms with Gasteiger partial charge in [0.15, 0.2) is 12.2 Å². The predicted octanol–water partition coefficient (Wildman–Crippen LogP) is 18.0. The molecule has 0 heterocycles. The van der Waals surface area contributed by atoms with Gasteiger partial charge in [0.25, 0.3) is 0 Å². The van der Waals surface area contributed by atoms with Crippen molar-refractivity contribution in [2.24, 2.45) is 11.8 Å². The molecule has 0 aliphatic rings. The topological polar surface area (TPSA) is 237 Å². The van der Waals surface area contributed by atoms with Gasteiger partial charge < -0.3 is 33.8 Å². The van der Waals surface area contributed by atoms with Crippen molar-refractivity contribution in [3.8, 4) is 0 Å². The molecule has 0 fully saturated rings. The van der Waals surface area contributed by atoms with E-state index in [2.05, 4.69) is 41.5 Å². The van der Waals surface area contributed by atoms with Crippen molar-refractivity contribution < 1.29 is 80.2 Å². The van der Waals surface area contributed by atoms with Crippen molar-refractivity contribution in [3.05, 3.63) is 0 Å². The fourth-order valence-corrected chi connectivity index (χ4v) is 11.3. The standard InChI is InChI=1S/C65H126O17P2/c1-7-9-11-13-14-15-16-17-18-21-24-30-36-42-48-63(68)76-54-61(82-64(69)49-43-37-31-25-22-19-20-23-28-34-39-45-57(3)4)56-80-84(73,74)78-52-59(66)51-77-83(71,72)79-55-60(53-75-62(67)47-41-33-12-10-8-2)81-65(70)50-44-38-32-27-26-29-35-40-46-58(5)6/h57-61,66H,7-56H2,1-6H3,(H,71,72)(H,73,74)/t59-,60+,61+/m0/s1. The Morgan fingerprint density at radius 3 is 0.810 bits per heavy atom. The first-order valence-electron chi connectivity index (χ1n) is 34.0. The molecule has 3 N–H and O–H groups in total. The lowest BCUT2D eigenvalue weighted by Crippen LogP contribution is -2.30. The zero-order valence-electron chi connectivity index (χ0n) is 54.2. The molecule has 0 aliphatic carbocycles. The number of ether oxygens (including phenoxy) is 4. The van der Waals surface area contributed by atoms with Gasteiger partial charge in [0.2, 0.25) is 0 Å². The molecule has 5 atom stereocenters. The summed E-state index contributed by atoms with van der Waals surface area (Å²) in [7, 11) is -9.88. The van der Waals surface area contributed by atoms with Crippen LogP contribution >= 0.6 is 15.6 Å². The van der Waals surface area contributed by atoms with Crippen LogP contribution in [0.25, 0.3) is 0 Å². The third kappa shape index (κ3) is 59.0. The van der Waals surface area contributed by atoms with Gasteiger partial charge in [-0.2, -0.15) is 0 Å². The molecule has 0 bridgehead atoms. The molecule has 19 heteroatoms. The van der Waals surface area contributed by atoms with E-state index in [1.165, 1.54) is 135 Å². The zero-order chi connectivity index (χ0) is 62.2. The minimum Gasteiger partial charge on any atom is -0.462 e. The molecule has 2 unspecified atom stereocenters. The third-order valence-electron chi connectivity index (χ3n) is 15.0. The number of aliphatic hydroxyl groups excluding tert-OH is 1. The number of esters is 4. The summed E-state index contributed by atoms with van der Waals surface area (Å²) in [4.78, 5) is 72.0. The molecule has 0 aliphatic heterocycles. The first-order valence-corrected chi connectivity index (χ1v) is 37.0. The molecule has 498 valence electrons. The Bertz CT molecular complexity index is 1650. The summed E-state index contributed by atoms with van der Waals surface area (Å²) in [6, 6.07) is 0. The van der Waals surface area contributed by atoms with E-state index >= 15 is 0 Å². The Hall–Kier alpha value is -1.94. The van der Waals surface area contributed by atoms with E-state index in [4.69, 9.17) is 37.0 Å². The van der Waals surface area contributed by atoms with Crippen LogP contribution in [0.4, 0.5) is 0 Å². The predicted molar refractivity (Wildman–Crippen MR) is 335 cm³/mol. The minimum absolute atomic E-state index is 0.103. The fourth-order valence-electron chi connectivity index (χ4n) is 9.71. The van der Waals surface area contributed by atoms with Crippen LogP contribution in [0, 0.1) is 11.8 Å². The van der Waals surface area contributed by atoms with Gasteiger partial charge in [-0.1, -0.05) is 273 Å². The summed E-state index contributed by atoms with van der Waals surface area (Å²) >= 11 is 0. The number of rotatable bonds is 64. The van der Waals surface area contributed by atoms with Crippen LogP contribution in [0.15, 0.2) is 0 Å². The van der Waals surface area contributed by atoms with Crippen LogP contribution in [0.2, 0.25) is 0 Å². The van der Waals surface area contributed by atoms with Gasteiger partial charge in [-0.15, -0.1) is 0 Å². The lowest BCUT2D eigenvalue weighted by Gasteiger charge is -2.21. The largest absolute Gasteiger partial charge is 0.472 e. The Balaban J connectivity index is 5.18. The molecule has 0 saturated carbocycles. The molecule has 17 nitrogen and oxygen atoms in total. The zero-order valence-corrected chi connectivity index (χ0v) is 56.0. The van der Waals surface area contributed by atoms with Gasteiger partial charge in [0.1, 0.15) is 19.3 Å². The van der Waals surface area contributed by atoms with E-state index < -0.39 is 97.5 Å². The molecule has 0 amide bonds. The molecule has 0 rings (SSSR count). The van der Waals surface area contributed by atoms with Crippen molar-refractivity contribution in [1.82, 2.24) is 0 Å². The summed E-state index contributed by atoms with van der Waals surface area (Å²) in [6.45, 7) is 9.38. The summed E-state index contributed by atoms with van der Waals surface area (Å²) in [5.41, 5.74) is 0. The Labute approximate surface area is 511 Å². The van der Waals surface area contributed by atoms with Gasteiger partial charge in [0, 0.05) is 25.7 Å². The van der Waals surface area contributed by atoms with Gasteiger partial charge in [-0.3, -0.25) is 37.3 Å². The van der Waals surface area contributed by atoms with Crippen LogP contribution < -0.4 is 0 Å². The third-order valence-corrected chi connectivity index (χ3v) is 16.9. The molecule has 0 aromatic carbocycles. The molecule has 0 spiro atoms. The second-order valence-electron chi connectivity index (χ2n) is 24.5. The summed E-state index contributed by atoms with van der Waals surface area (Å²) < 4.78 is 67.9. The highest BCUT2D eigenvalue weighted by Crippen LogP contribution is 2.45. The maximum absolute atomic E-state index is 13.0. The van der Waals surface area contributed by atoms with Gasteiger partial charge in [0.05, 0.1) is 26.4 Å². The van der Waals surface area contributed by atoms with E-state index in [0.29, 0.717) is 25.7 Å². The lowest BCUT2D eigenvalue weighted by molar-refractivity contribution is -0.161. The molecular formula is C65H126O17P2. The summed E-state index contributed by atoms with van der Waals surface area (Å²) in [5.74, 6) is -0.659. The number of phosphoric ester groups is 2. The van der Waals surface area contributed by atoms with E-state index in [-0.39, 0.29) is 25.7 Å². The van der Waals surface area contributed by atoms with Crippen LogP contribution in [0.5, 0.6) is 0 Å². The van der Waals surface area contributed by atoms with Crippen molar-refractivity contribution in [2.45, 2.75) is 342 Å². The van der Waals surface area contributed by atoms with Gasteiger partial charge in [-0.05, 0) is 37.5 Å². The summed E-state index contributed by atoms with van der Waals surface area (Å²) in [6.07, 6.45) is 40.7. The first kappa shape index (κ1) is 82.1. The molecule has 0 saturated heterocycles. The molecule has 84 heavy (non-hydrogen) atoms. The van der Waals surface area contributed by atoms with Gasteiger partial charge >= 0.3 is 39.5 Å². The van der Waals surface area contributed by atoms with Crippen LogP contribution in [0.1, 0.15) is 324 Å². The van der Waals surface area contributed by atoms with E-state index in [1.54, 1.807) is 0 Å². The second kappa shape index (κ2) is 57.5. The SMILES string of the molecule is CCCCCCCCCCCCCCCCC(=O)OC[C@H](COP(=O)(O)OC[C@@H](O)COP(=O)(O)OC[C@@H](COC(=O)CCCCCCC)OC(=O)CCCCCCCCCCC(C)C)OC(=O)CCCCCCCCCCCCCC(C)C. The van der Waals surface area contributed by atoms with Crippen molar-refractivity contribution in [1.29, 1.82) is 0 Å². The van der Waals surface area contributed by atoms with E-state index in [1.807, 2.05) is 0 Å². The van der Waals surface area contributed by atoms with Crippen molar-refractivity contribution in [3.63, 3.8) is 0 Å². The average Bonchev–Trinajstić information content (AvgIpc) is 3.59. The molecule has 0 aromatic rings. The van der Waals surface area contributed by atoms with Crippen molar-refractivity contribution in [2.75, 3.05) is 39.6 Å². The number of carbonyl (C=O) groups is 4. The van der Waals surface area contributed by atoms with Crippen molar-refractivity contribution >= 4 is 39.5 Å². The highest BCUT2D eigenvalue weighted by atomic mass is 31.2. The molecule has 0 aromatic heterocycles. The Morgan fingerprint density at radius 1 is 0.321 bits per heavy atom. The normalized spacial score (nSPS) is 14.3. The highest BCUT2D eigenvalue weighted by Gasteiger charge is 2.30. The number of unbranched alkanes of at least 4 members (excludes halogenated alkanes) is 34. The first-order chi connectivity index (χ1) is 40.4. The number of aliphatic hydroxyl groups is 1. The quantitative estimate of drug-likeness (QED) is 0.0222.